The van der Waals surface area contributed by atoms with Gasteiger partial charge in [-0.1, -0.05) is 86.6 Å². The van der Waals surface area contributed by atoms with Crippen molar-refractivity contribution in [1.82, 2.24) is 0 Å². The molecule has 342 valence electrons. The molecular weight excluding hydrogens is 833 g/mol. The average molecular weight is 897 g/mol. The molecule has 0 unspecified atom stereocenters. The van der Waals surface area contributed by atoms with E-state index in [9.17, 15) is 0 Å². The fourth-order valence-corrected chi connectivity index (χ4v) is 10.5. The van der Waals surface area contributed by atoms with Crippen molar-refractivity contribution in [3.8, 4) is 44.5 Å². The molecule has 1 aliphatic rings. The topological polar surface area (TPSA) is 6.48 Å². The van der Waals surface area contributed by atoms with E-state index in [2.05, 4.69) is 263 Å². The Bertz CT molecular complexity index is 3210. The van der Waals surface area contributed by atoms with E-state index in [1.165, 1.54) is 111 Å². The Kier molecular flexibility index (Phi) is 11.6. The molecule has 0 amide bonds. The van der Waals surface area contributed by atoms with Gasteiger partial charge in [-0.05, 0) is 278 Å². The first kappa shape index (κ1) is 45.4. The summed E-state index contributed by atoms with van der Waals surface area (Å²) in [6.07, 6.45) is 0. The van der Waals surface area contributed by atoms with Crippen LogP contribution in [0.5, 0.6) is 0 Å². The highest BCUT2D eigenvalue weighted by Gasteiger charge is 2.35. The van der Waals surface area contributed by atoms with Crippen LogP contribution in [0.2, 0.25) is 0 Å². The fourth-order valence-electron chi connectivity index (χ4n) is 10.5. The molecule has 0 fully saturated rings. The monoisotopic (exact) mass is 897 g/mol. The van der Waals surface area contributed by atoms with E-state index < -0.39 is 0 Å². The van der Waals surface area contributed by atoms with Crippen molar-refractivity contribution in [2.24, 2.45) is 0 Å². The Labute approximate surface area is 411 Å². The largest absolute Gasteiger partial charge is 0.310 e. The summed E-state index contributed by atoms with van der Waals surface area (Å²) in [7, 11) is 0. The zero-order valence-corrected chi connectivity index (χ0v) is 42.6. The molecule has 2 nitrogen and oxygen atoms in total. The van der Waals surface area contributed by atoms with Gasteiger partial charge in [0.15, 0.2) is 0 Å². The molecule has 69 heavy (non-hydrogen) atoms. The Morgan fingerprint density at radius 1 is 0.246 bits per heavy atom. The van der Waals surface area contributed by atoms with Crippen LogP contribution in [-0.2, 0) is 5.41 Å². The van der Waals surface area contributed by atoms with Gasteiger partial charge in [-0.25, -0.2) is 0 Å². The Morgan fingerprint density at radius 3 is 1.00 bits per heavy atom. The number of benzene rings is 9. The second-order valence-corrected chi connectivity index (χ2v) is 20.5. The number of aryl methyl sites for hydroxylation is 10. The highest BCUT2D eigenvalue weighted by Crippen LogP contribution is 2.50. The zero-order chi connectivity index (χ0) is 48.5. The maximum absolute atomic E-state index is 2.47. The maximum atomic E-state index is 2.47. The first-order chi connectivity index (χ1) is 33.0. The molecule has 0 bridgehead atoms. The minimum Gasteiger partial charge on any atom is -0.310 e. The van der Waals surface area contributed by atoms with E-state index >= 15 is 0 Å². The number of anilines is 6. The summed E-state index contributed by atoms with van der Waals surface area (Å²) in [6.45, 7) is 26.9. The van der Waals surface area contributed by atoms with Crippen LogP contribution in [0.4, 0.5) is 34.1 Å². The van der Waals surface area contributed by atoms with E-state index in [1.807, 2.05) is 0 Å². The van der Waals surface area contributed by atoms with Crippen molar-refractivity contribution < 1.29 is 0 Å². The van der Waals surface area contributed by atoms with E-state index in [-0.39, 0.29) is 5.41 Å². The average Bonchev–Trinajstić information content (AvgIpc) is 3.57. The van der Waals surface area contributed by atoms with Crippen LogP contribution in [0.25, 0.3) is 44.5 Å². The molecule has 9 aromatic rings. The summed E-state index contributed by atoms with van der Waals surface area (Å²) in [5.41, 5.74) is 32.1. The highest BCUT2D eigenvalue weighted by molar-refractivity contribution is 5.90. The zero-order valence-electron chi connectivity index (χ0n) is 42.6. The molecule has 0 saturated heterocycles. The van der Waals surface area contributed by atoms with Crippen molar-refractivity contribution in [2.45, 2.75) is 88.5 Å². The predicted molar refractivity (Wildman–Crippen MR) is 297 cm³/mol. The van der Waals surface area contributed by atoms with Gasteiger partial charge in [0.1, 0.15) is 0 Å². The van der Waals surface area contributed by atoms with Gasteiger partial charge in [0.05, 0.1) is 0 Å². The lowest BCUT2D eigenvalue weighted by Gasteiger charge is -2.28. The third-order valence-electron chi connectivity index (χ3n) is 15.4. The first-order valence-corrected chi connectivity index (χ1v) is 24.6. The van der Waals surface area contributed by atoms with Gasteiger partial charge in [0.2, 0.25) is 0 Å². The van der Waals surface area contributed by atoms with Crippen molar-refractivity contribution in [3.05, 3.63) is 237 Å². The van der Waals surface area contributed by atoms with Crippen LogP contribution in [-0.4, -0.2) is 0 Å². The van der Waals surface area contributed by atoms with Crippen LogP contribution >= 0.6 is 0 Å². The summed E-state index contributed by atoms with van der Waals surface area (Å²) in [5, 5.41) is 0. The maximum Gasteiger partial charge on any atom is 0.0467 e. The number of fused-ring (bicyclic) bond motifs is 3. The number of nitrogens with zero attached hydrogens (tertiary/aromatic N) is 2. The van der Waals surface area contributed by atoms with Gasteiger partial charge in [0, 0.05) is 39.5 Å². The summed E-state index contributed by atoms with van der Waals surface area (Å²) in [5.74, 6) is 0. The van der Waals surface area contributed by atoms with Crippen molar-refractivity contribution in [1.29, 1.82) is 0 Å². The summed E-state index contributed by atoms with van der Waals surface area (Å²) < 4.78 is 0. The van der Waals surface area contributed by atoms with Gasteiger partial charge >= 0.3 is 0 Å². The molecule has 0 aromatic heterocycles. The van der Waals surface area contributed by atoms with E-state index in [0.29, 0.717) is 0 Å². The lowest BCUT2D eigenvalue weighted by atomic mass is 9.81. The highest BCUT2D eigenvalue weighted by atomic mass is 15.1. The van der Waals surface area contributed by atoms with Gasteiger partial charge < -0.3 is 9.80 Å². The molecule has 0 atom stereocenters. The normalized spacial score (nSPS) is 12.5. The molecule has 0 N–H and O–H groups in total. The molecule has 1 aliphatic carbocycles. The van der Waals surface area contributed by atoms with E-state index in [0.717, 1.165) is 34.1 Å². The molecule has 0 saturated carbocycles. The standard InChI is InChI=1S/C67H64N2/c1-41-17-24-55(31-47(41)7)68(56-25-18-42(2)48(8)32-56)59-28-21-45(5)63(39-59)53-35-52(51-23-30-62-61-15-13-14-16-65(61)67(11,12)66(62)38-51)36-54(37-53)64-40-60(29-22-46(64)6)69(57-26-19-43(3)49(9)33-57)58-27-20-44(4)50(10)34-58/h13-40H,1-12H3. The van der Waals surface area contributed by atoms with Crippen molar-refractivity contribution >= 4 is 34.1 Å². The Hall–Kier alpha value is -7.42. The van der Waals surface area contributed by atoms with E-state index in [1.54, 1.807) is 0 Å². The second-order valence-electron chi connectivity index (χ2n) is 20.5. The van der Waals surface area contributed by atoms with Crippen LogP contribution in [0.15, 0.2) is 170 Å². The molecule has 0 aliphatic heterocycles. The van der Waals surface area contributed by atoms with Crippen molar-refractivity contribution in [3.63, 3.8) is 0 Å². The molecular formula is C67H64N2. The quantitative estimate of drug-likeness (QED) is 0.142. The third kappa shape index (κ3) is 8.27. The van der Waals surface area contributed by atoms with Gasteiger partial charge in [-0.2, -0.15) is 0 Å². The van der Waals surface area contributed by atoms with Crippen LogP contribution in [0.1, 0.15) is 80.6 Å². The third-order valence-corrected chi connectivity index (χ3v) is 15.4. The van der Waals surface area contributed by atoms with Crippen LogP contribution < -0.4 is 9.80 Å². The number of hydrogen-bond acceptors (Lipinski definition) is 2. The summed E-state index contributed by atoms with van der Waals surface area (Å²) in [4.78, 5) is 4.85. The SMILES string of the molecule is Cc1ccc(N(c2ccc(C)c(C)c2)c2ccc(C)c(-c3cc(-c4ccc5c(c4)C(C)(C)c4ccccc4-5)cc(-c4cc(N(c5ccc(C)c(C)c5)c5ccc(C)c(C)c5)ccc4C)c3)c2)cc1C. The van der Waals surface area contributed by atoms with Crippen molar-refractivity contribution in [2.75, 3.05) is 9.80 Å². The molecule has 2 heteroatoms. The molecule has 0 spiro atoms. The molecule has 0 radical (unpaired) electrons. The van der Waals surface area contributed by atoms with Crippen LogP contribution in [0.3, 0.4) is 0 Å². The lowest BCUT2D eigenvalue weighted by molar-refractivity contribution is 0.660. The fraction of sp³-hybridized carbons (Fsp3) is 0.194. The van der Waals surface area contributed by atoms with E-state index in [4.69, 9.17) is 0 Å². The Balaban J connectivity index is 1.19. The summed E-state index contributed by atoms with van der Waals surface area (Å²) in [6, 6.07) is 64.7. The lowest BCUT2D eigenvalue weighted by Crippen LogP contribution is -2.14. The molecule has 9 aromatic carbocycles. The molecule has 0 heterocycles. The van der Waals surface area contributed by atoms with Crippen LogP contribution in [0, 0.1) is 69.2 Å². The second kappa shape index (κ2) is 17.6. The van der Waals surface area contributed by atoms with Gasteiger partial charge in [0.25, 0.3) is 0 Å². The number of hydrogen-bond donors (Lipinski definition) is 0. The smallest absolute Gasteiger partial charge is 0.0467 e. The number of rotatable bonds is 9. The predicted octanol–water partition coefficient (Wildman–Crippen LogP) is 19.0. The molecule has 10 rings (SSSR count). The van der Waals surface area contributed by atoms with Gasteiger partial charge in [-0.3, -0.25) is 0 Å². The minimum absolute atomic E-state index is 0.115. The minimum atomic E-state index is -0.115. The first-order valence-electron chi connectivity index (χ1n) is 24.6. The van der Waals surface area contributed by atoms with Gasteiger partial charge in [-0.15, -0.1) is 0 Å². The summed E-state index contributed by atoms with van der Waals surface area (Å²) >= 11 is 0. The Morgan fingerprint density at radius 2 is 0.594 bits per heavy atom.